The van der Waals surface area contributed by atoms with Crippen molar-refractivity contribution in [3.05, 3.63) is 46.7 Å². The van der Waals surface area contributed by atoms with Gasteiger partial charge in [-0.05, 0) is 12.1 Å². The van der Waals surface area contributed by atoms with Crippen molar-refractivity contribution in [2.24, 2.45) is 7.05 Å². The van der Waals surface area contributed by atoms with Gasteiger partial charge in [0.1, 0.15) is 12.3 Å². The third kappa shape index (κ3) is 3.06. The van der Waals surface area contributed by atoms with Crippen LogP contribution in [0.15, 0.2) is 28.8 Å². The minimum absolute atomic E-state index is 0.144. The smallest absolute Gasteiger partial charge is 0.268 e. The van der Waals surface area contributed by atoms with Gasteiger partial charge in [0, 0.05) is 19.5 Å². The Bertz CT molecular complexity index is 856. The molecule has 1 amide bonds. The molecule has 3 aromatic rings. The van der Waals surface area contributed by atoms with E-state index in [1.54, 1.807) is 30.9 Å². The summed E-state index contributed by atoms with van der Waals surface area (Å²) in [5.74, 6) is 0.515. The molecule has 0 saturated heterocycles. The zero-order chi connectivity index (χ0) is 16.4. The van der Waals surface area contributed by atoms with Gasteiger partial charge in [-0.25, -0.2) is 0 Å². The Morgan fingerprint density at radius 3 is 3.04 bits per heavy atom. The third-order valence-corrected chi connectivity index (χ3v) is 3.73. The molecule has 0 saturated carbocycles. The van der Waals surface area contributed by atoms with Crippen LogP contribution in [0.2, 0.25) is 5.02 Å². The van der Waals surface area contributed by atoms with E-state index in [2.05, 4.69) is 15.5 Å². The van der Waals surface area contributed by atoms with Crippen molar-refractivity contribution < 1.29 is 14.1 Å². The predicted octanol–water partition coefficient (Wildman–Crippen LogP) is 2.29. The maximum Gasteiger partial charge on any atom is 0.268 e. The van der Waals surface area contributed by atoms with Crippen LogP contribution < -0.4 is 5.32 Å². The highest BCUT2D eigenvalue weighted by atomic mass is 35.5. The Morgan fingerprint density at radius 1 is 1.48 bits per heavy atom. The number of benzene rings is 1. The van der Waals surface area contributed by atoms with Crippen LogP contribution in [0.25, 0.3) is 10.9 Å². The quantitative estimate of drug-likeness (QED) is 0.774. The summed E-state index contributed by atoms with van der Waals surface area (Å²) in [4.78, 5) is 16.5. The minimum atomic E-state index is -0.244. The number of para-hydroxylation sites is 1. The number of halogens is 1. The number of rotatable bonds is 5. The maximum absolute atomic E-state index is 12.4. The van der Waals surface area contributed by atoms with Gasteiger partial charge >= 0.3 is 0 Å². The van der Waals surface area contributed by atoms with Crippen LogP contribution in [0.1, 0.15) is 22.2 Å². The normalized spacial score (nSPS) is 11.1. The molecule has 0 unspecified atom stereocenters. The Labute approximate surface area is 137 Å². The van der Waals surface area contributed by atoms with Gasteiger partial charge in [-0.1, -0.05) is 28.9 Å². The Hall–Kier alpha value is -2.38. The lowest BCUT2D eigenvalue weighted by atomic mass is 10.2. The van der Waals surface area contributed by atoms with E-state index in [0.717, 1.165) is 10.9 Å². The first-order chi connectivity index (χ1) is 11.1. The number of ether oxygens (including phenoxy) is 1. The number of amides is 1. The van der Waals surface area contributed by atoms with Crippen LogP contribution in [0.5, 0.6) is 0 Å². The van der Waals surface area contributed by atoms with Crippen molar-refractivity contribution >= 4 is 28.4 Å². The molecular weight excluding hydrogens is 320 g/mol. The molecule has 0 spiro atoms. The van der Waals surface area contributed by atoms with Crippen LogP contribution in [-0.4, -0.2) is 27.7 Å². The van der Waals surface area contributed by atoms with Gasteiger partial charge in [-0.3, -0.25) is 4.79 Å². The average Bonchev–Trinajstić information content (AvgIpc) is 3.11. The van der Waals surface area contributed by atoms with Crippen molar-refractivity contribution in [2.45, 2.75) is 13.2 Å². The van der Waals surface area contributed by atoms with Crippen LogP contribution in [-0.2, 0) is 24.9 Å². The van der Waals surface area contributed by atoms with Gasteiger partial charge < -0.3 is 19.1 Å². The van der Waals surface area contributed by atoms with Crippen molar-refractivity contribution in [3.8, 4) is 0 Å². The van der Waals surface area contributed by atoms with E-state index in [-0.39, 0.29) is 19.1 Å². The molecule has 0 fully saturated rings. The summed E-state index contributed by atoms with van der Waals surface area (Å²) in [6.45, 7) is 0.407. The van der Waals surface area contributed by atoms with Gasteiger partial charge in [-0.2, -0.15) is 4.98 Å². The first-order valence-electron chi connectivity index (χ1n) is 6.92. The second-order valence-electron chi connectivity index (χ2n) is 4.99. The van der Waals surface area contributed by atoms with Gasteiger partial charge in [0.25, 0.3) is 5.91 Å². The van der Waals surface area contributed by atoms with Gasteiger partial charge in [0.05, 0.1) is 17.1 Å². The largest absolute Gasteiger partial charge is 0.377 e. The van der Waals surface area contributed by atoms with Gasteiger partial charge in [0.15, 0.2) is 5.82 Å². The molecule has 0 aliphatic heterocycles. The number of nitrogens with zero attached hydrogens (tertiary/aromatic N) is 3. The SMILES string of the molecule is COCc1noc(CNC(=O)c2cc3cccc(Cl)c3n2C)n1. The Balaban J connectivity index is 1.75. The Kier molecular flexibility index (Phi) is 4.31. The number of carbonyl (C=O) groups is 1. The molecule has 1 N–H and O–H groups in total. The van der Waals surface area contributed by atoms with Gasteiger partial charge in [0.2, 0.25) is 5.89 Å². The van der Waals surface area contributed by atoms with Crippen molar-refractivity contribution in [2.75, 3.05) is 7.11 Å². The lowest BCUT2D eigenvalue weighted by molar-refractivity contribution is 0.0938. The highest BCUT2D eigenvalue weighted by molar-refractivity contribution is 6.35. The van der Waals surface area contributed by atoms with Crippen molar-refractivity contribution in [1.29, 1.82) is 0 Å². The summed E-state index contributed by atoms with van der Waals surface area (Å²) < 4.78 is 11.7. The second-order valence-corrected chi connectivity index (χ2v) is 5.39. The van der Waals surface area contributed by atoms with Crippen LogP contribution in [0.3, 0.4) is 0 Å². The summed E-state index contributed by atoms with van der Waals surface area (Å²) in [5, 5.41) is 8.00. The number of fused-ring (bicyclic) bond motifs is 1. The summed E-state index contributed by atoms with van der Waals surface area (Å²) in [5.41, 5.74) is 1.32. The maximum atomic E-state index is 12.4. The molecule has 7 nitrogen and oxygen atoms in total. The molecule has 0 aliphatic carbocycles. The summed E-state index contributed by atoms with van der Waals surface area (Å²) in [6.07, 6.45) is 0. The molecular formula is C15H15ClN4O3. The number of hydrogen-bond donors (Lipinski definition) is 1. The van der Waals surface area contributed by atoms with E-state index in [9.17, 15) is 4.79 Å². The molecule has 0 bridgehead atoms. The lowest BCUT2D eigenvalue weighted by Gasteiger charge is -2.05. The highest BCUT2D eigenvalue weighted by Crippen LogP contribution is 2.26. The number of hydrogen-bond acceptors (Lipinski definition) is 5. The topological polar surface area (TPSA) is 82.2 Å². The molecule has 2 heterocycles. The third-order valence-electron chi connectivity index (χ3n) is 3.42. The molecule has 0 atom stereocenters. The zero-order valence-electron chi connectivity index (χ0n) is 12.7. The standard InChI is InChI=1S/C15H15ClN4O3/c1-20-11(6-9-4-3-5-10(16)14(9)20)15(21)17-7-13-18-12(8-22-2)19-23-13/h3-6H,7-8H2,1-2H3,(H,17,21). The molecule has 0 aliphatic rings. The van der Waals surface area contributed by atoms with E-state index >= 15 is 0 Å². The second kappa shape index (κ2) is 6.39. The summed E-state index contributed by atoms with van der Waals surface area (Å²) >= 11 is 6.19. The zero-order valence-corrected chi connectivity index (χ0v) is 13.4. The number of methoxy groups -OCH3 is 1. The van der Waals surface area contributed by atoms with E-state index in [4.69, 9.17) is 20.9 Å². The fourth-order valence-electron chi connectivity index (χ4n) is 2.38. The van der Waals surface area contributed by atoms with Crippen LogP contribution >= 0.6 is 11.6 Å². The highest BCUT2D eigenvalue weighted by Gasteiger charge is 2.16. The Morgan fingerprint density at radius 2 is 2.30 bits per heavy atom. The predicted molar refractivity (Wildman–Crippen MR) is 84.1 cm³/mol. The van der Waals surface area contributed by atoms with Crippen molar-refractivity contribution in [1.82, 2.24) is 20.0 Å². The fraction of sp³-hybridized carbons (Fsp3) is 0.267. The molecule has 2 aromatic heterocycles. The molecule has 120 valence electrons. The molecule has 1 aromatic carbocycles. The molecule has 0 radical (unpaired) electrons. The van der Waals surface area contributed by atoms with Crippen molar-refractivity contribution in [3.63, 3.8) is 0 Å². The summed E-state index contributed by atoms with van der Waals surface area (Å²) in [6, 6.07) is 7.34. The van der Waals surface area contributed by atoms with Gasteiger partial charge in [-0.15, -0.1) is 0 Å². The van der Waals surface area contributed by atoms with Crippen LogP contribution in [0.4, 0.5) is 0 Å². The van der Waals surface area contributed by atoms with E-state index in [0.29, 0.717) is 22.4 Å². The fourth-order valence-corrected chi connectivity index (χ4v) is 2.69. The number of aryl methyl sites for hydroxylation is 1. The number of nitrogens with one attached hydrogen (secondary N) is 1. The molecule has 23 heavy (non-hydrogen) atoms. The minimum Gasteiger partial charge on any atom is -0.377 e. The lowest BCUT2D eigenvalue weighted by Crippen LogP contribution is -2.25. The number of aromatic nitrogens is 3. The molecule has 3 rings (SSSR count). The monoisotopic (exact) mass is 334 g/mol. The number of carbonyl (C=O) groups excluding carboxylic acids is 1. The van der Waals surface area contributed by atoms with E-state index in [1.807, 2.05) is 12.1 Å². The average molecular weight is 335 g/mol. The first kappa shape index (κ1) is 15.5. The van der Waals surface area contributed by atoms with Crippen LogP contribution in [0, 0.1) is 0 Å². The van der Waals surface area contributed by atoms with E-state index in [1.165, 1.54) is 0 Å². The molecule has 8 heteroatoms. The van der Waals surface area contributed by atoms with E-state index < -0.39 is 0 Å². The first-order valence-corrected chi connectivity index (χ1v) is 7.30. The summed E-state index contributed by atoms with van der Waals surface area (Å²) in [7, 11) is 3.34.